The van der Waals surface area contributed by atoms with E-state index in [9.17, 15) is 4.39 Å². The van der Waals surface area contributed by atoms with Crippen molar-refractivity contribution in [1.82, 2.24) is 4.98 Å². The number of benzene rings is 1. The Kier molecular flexibility index (Phi) is 4.37. The van der Waals surface area contributed by atoms with Gasteiger partial charge in [-0.15, -0.1) is 0 Å². The van der Waals surface area contributed by atoms with Crippen LogP contribution in [0.1, 0.15) is 11.3 Å². The molecular weight excluding hydrogens is 283 g/mol. The molecule has 0 fully saturated rings. The van der Waals surface area contributed by atoms with Crippen LogP contribution in [0.5, 0.6) is 0 Å². The van der Waals surface area contributed by atoms with E-state index in [4.69, 9.17) is 22.5 Å². The van der Waals surface area contributed by atoms with Crippen LogP contribution in [0.25, 0.3) is 0 Å². The smallest absolute Gasteiger partial charge is 0.188 e. The van der Waals surface area contributed by atoms with Gasteiger partial charge in [0.25, 0.3) is 0 Å². The Morgan fingerprint density at radius 2 is 2.20 bits per heavy atom. The van der Waals surface area contributed by atoms with E-state index in [2.05, 4.69) is 15.5 Å². The van der Waals surface area contributed by atoms with E-state index in [1.54, 1.807) is 12.1 Å². The molecule has 1 aromatic carbocycles. The van der Waals surface area contributed by atoms with E-state index < -0.39 is 0 Å². The summed E-state index contributed by atoms with van der Waals surface area (Å²) in [5, 5.41) is 14.9. The highest BCUT2D eigenvalue weighted by atomic mass is 35.5. The number of hydrogen-bond donors (Lipinski definition) is 3. The third-order valence-corrected chi connectivity index (χ3v) is 2.94. The number of pyridine rings is 1. The van der Waals surface area contributed by atoms with Crippen molar-refractivity contribution in [3.8, 4) is 0 Å². The molecule has 0 bridgehead atoms. The summed E-state index contributed by atoms with van der Waals surface area (Å²) in [7, 11) is 0. The van der Waals surface area contributed by atoms with E-state index in [0.717, 1.165) is 5.56 Å². The summed E-state index contributed by atoms with van der Waals surface area (Å²) >= 11 is 5.95. The molecule has 0 radical (unpaired) electrons. The third-order valence-electron chi connectivity index (χ3n) is 2.61. The van der Waals surface area contributed by atoms with Gasteiger partial charge in [0, 0.05) is 12.7 Å². The fourth-order valence-corrected chi connectivity index (χ4v) is 1.79. The summed E-state index contributed by atoms with van der Waals surface area (Å²) in [4.78, 5) is 3.97. The molecule has 20 heavy (non-hydrogen) atoms. The van der Waals surface area contributed by atoms with Crippen LogP contribution in [-0.2, 0) is 6.54 Å². The largest absolute Gasteiger partial charge is 0.409 e. The molecule has 0 amide bonds. The van der Waals surface area contributed by atoms with Gasteiger partial charge in [-0.2, -0.15) is 0 Å². The second kappa shape index (κ2) is 6.21. The molecule has 2 aromatic rings. The number of oxime groups is 1. The number of aromatic nitrogens is 1. The standard InChI is InChI=1S/C13H12ClFN4O/c14-10-2-1-9(15)6-11(10)18-7-8-3-4-17-12(5-8)13(16)19-20/h1-6,18,20H,7H2,(H2,16,19). The molecule has 0 saturated carbocycles. The van der Waals surface area contributed by atoms with Crippen molar-refractivity contribution in [2.24, 2.45) is 10.9 Å². The zero-order valence-corrected chi connectivity index (χ0v) is 11.1. The quantitative estimate of drug-likeness (QED) is 0.350. The van der Waals surface area contributed by atoms with Crippen LogP contribution in [0.2, 0.25) is 5.02 Å². The van der Waals surface area contributed by atoms with Gasteiger partial charge in [-0.3, -0.25) is 4.98 Å². The summed E-state index contributed by atoms with van der Waals surface area (Å²) in [6.07, 6.45) is 1.54. The minimum absolute atomic E-state index is 0.0735. The van der Waals surface area contributed by atoms with Gasteiger partial charge in [0.1, 0.15) is 11.5 Å². The summed E-state index contributed by atoms with van der Waals surface area (Å²) in [6, 6.07) is 7.50. The summed E-state index contributed by atoms with van der Waals surface area (Å²) in [5.74, 6) is -0.445. The van der Waals surface area contributed by atoms with Crippen molar-refractivity contribution >= 4 is 23.1 Å². The fraction of sp³-hybridized carbons (Fsp3) is 0.0769. The molecule has 7 heteroatoms. The maximum absolute atomic E-state index is 13.1. The Morgan fingerprint density at radius 1 is 1.40 bits per heavy atom. The number of amidine groups is 1. The lowest BCUT2D eigenvalue weighted by atomic mass is 10.2. The number of rotatable bonds is 4. The van der Waals surface area contributed by atoms with E-state index in [-0.39, 0.29) is 11.7 Å². The van der Waals surface area contributed by atoms with E-state index in [1.807, 2.05) is 0 Å². The first-order chi connectivity index (χ1) is 9.60. The molecular formula is C13H12ClFN4O. The number of nitrogens with one attached hydrogen (secondary N) is 1. The highest BCUT2D eigenvalue weighted by Crippen LogP contribution is 2.23. The van der Waals surface area contributed by atoms with Crippen LogP contribution in [0.3, 0.4) is 0 Å². The van der Waals surface area contributed by atoms with Gasteiger partial charge in [-0.05, 0) is 35.9 Å². The maximum Gasteiger partial charge on any atom is 0.188 e. The normalized spacial score (nSPS) is 11.4. The highest BCUT2D eigenvalue weighted by Gasteiger charge is 2.04. The number of nitrogens with zero attached hydrogens (tertiary/aromatic N) is 2. The third kappa shape index (κ3) is 3.36. The monoisotopic (exact) mass is 294 g/mol. The molecule has 1 heterocycles. The van der Waals surface area contributed by atoms with Crippen LogP contribution in [0.4, 0.5) is 10.1 Å². The Balaban J connectivity index is 2.13. The lowest BCUT2D eigenvalue weighted by Crippen LogP contribution is -2.15. The van der Waals surface area contributed by atoms with Gasteiger partial charge >= 0.3 is 0 Å². The number of halogens is 2. The Morgan fingerprint density at radius 3 is 2.95 bits per heavy atom. The highest BCUT2D eigenvalue weighted by molar-refractivity contribution is 6.33. The molecule has 0 aliphatic carbocycles. The summed E-state index contributed by atoms with van der Waals surface area (Å²) in [6.45, 7) is 0.400. The van der Waals surface area contributed by atoms with Crippen molar-refractivity contribution < 1.29 is 9.60 Å². The molecule has 0 unspecified atom stereocenters. The van der Waals surface area contributed by atoms with Crippen molar-refractivity contribution in [2.75, 3.05) is 5.32 Å². The molecule has 0 aliphatic heterocycles. The lowest BCUT2D eigenvalue weighted by Gasteiger charge is -2.09. The van der Waals surface area contributed by atoms with Crippen molar-refractivity contribution in [2.45, 2.75) is 6.54 Å². The van der Waals surface area contributed by atoms with Crippen LogP contribution < -0.4 is 11.1 Å². The topological polar surface area (TPSA) is 83.5 Å². The molecule has 0 saturated heterocycles. The number of hydrogen-bond acceptors (Lipinski definition) is 4. The van der Waals surface area contributed by atoms with Crippen LogP contribution in [-0.4, -0.2) is 16.0 Å². The minimum atomic E-state index is -0.371. The van der Waals surface area contributed by atoms with Crippen LogP contribution >= 0.6 is 11.6 Å². The number of anilines is 1. The van der Waals surface area contributed by atoms with Crippen molar-refractivity contribution in [1.29, 1.82) is 0 Å². The molecule has 2 rings (SSSR count). The lowest BCUT2D eigenvalue weighted by molar-refractivity contribution is 0.318. The molecule has 5 nitrogen and oxygen atoms in total. The SMILES string of the molecule is N/C(=N/O)c1cc(CNc2cc(F)ccc2Cl)ccn1. The van der Waals surface area contributed by atoms with Gasteiger partial charge < -0.3 is 16.3 Å². The van der Waals surface area contributed by atoms with Gasteiger partial charge in [-0.25, -0.2) is 4.39 Å². The van der Waals surface area contributed by atoms with Crippen molar-refractivity contribution in [3.05, 3.63) is 58.6 Å². The zero-order chi connectivity index (χ0) is 14.5. The first kappa shape index (κ1) is 14.1. The van der Waals surface area contributed by atoms with Gasteiger partial charge in [0.2, 0.25) is 0 Å². The van der Waals surface area contributed by atoms with Crippen LogP contribution in [0.15, 0.2) is 41.7 Å². The first-order valence-electron chi connectivity index (χ1n) is 5.72. The molecule has 0 aliphatic rings. The molecule has 4 N–H and O–H groups in total. The Labute approximate surface area is 119 Å². The molecule has 104 valence electrons. The molecule has 0 atom stereocenters. The average molecular weight is 295 g/mol. The second-order valence-electron chi connectivity index (χ2n) is 4.01. The molecule has 1 aromatic heterocycles. The maximum atomic E-state index is 13.1. The van der Waals surface area contributed by atoms with Crippen molar-refractivity contribution in [3.63, 3.8) is 0 Å². The summed E-state index contributed by atoms with van der Waals surface area (Å²) in [5.41, 5.74) is 7.15. The van der Waals surface area contributed by atoms with E-state index in [0.29, 0.717) is 22.9 Å². The van der Waals surface area contributed by atoms with Crippen LogP contribution in [0, 0.1) is 5.82 Å². The summed E-state index contributed by atoms with van der Waals surface area (Å²) < 4.78 is 13.1. The average Bonchev–Trinajstić information content (AvgIpc) is 2.47. The Bertz CT molecular complexity index is 648. The predicted molar refractivity (Wildman–Crippen MR) is 75.5 cm³/mol. The van der Waals surface area contributed by atoms with E-state index in [1.165, 1.54) is 24.4 Å². The first-order valence-corrected chi connectivity index (χ1v) is 6.09. The van der Waals surface area contributed by atoms with Gasteiger partial charge in [0.15, 0.2) is 5.84 Å². The van der Waals surface area contributed by atoms with E-state index >= 15 is 0 Å². The minimum Gasteiger partial charge on any atom is -0.409 e. The molecule has 0 spiro atoms. The Hall–Kier alpha value is -2.34. The van der Waals surface area contributed by atoms with Gasteiger partial charge in [0.05, 0.1) is 10.7 Å². The number of nitrogens with two attached hydrogens (primary N) is 1. The zero-order valence-electron chi connectivity index (χ0n) is 10.3. The second-order valence-corrected chi connectivity index (χ2v) is 4.42. The van der Waals surface area contributed by atoms with Gasteiger partial charge in [-0.1, -0.05) is 16.8 Å². The fourth-order valence-electron chi connectivity index (χ4n) is 1.61. The predicted octanol–water partition coefficient (Wildman–Crippen LogP) is 2.58.